The summed E-state index contributed by atoms with van der Waals surface area (Å²) in [6.07, 6.45) is 2.69. The maximum atomic E-state index is 2.48. The van der Waals surface area contributed by atoms with Gasteiger partial charge in [-0.1, -0.05) is 52.8 Å². The normalized spacial score (nSPS) is 16.1. The Bertz CT molecular complexity index is 266. The van der Waals surface area contributed by atoms with E-state index in [0.29, 0.717) is 0 Å². The number of hydrogen-bond acceptors (Lipinski definition) is 2. The molecule has 1 nitrogen and oxygen atoms in total. The molecule has 1 heterocycles. The Kier molecular flexibility index (Phi) is 11.3. The topological polar surface area (TPSA) is 3.24 Å². The van der Waals surface area contributed by atoms with Crippen molar-refractivity contribution in [3.8, 4) is 0 Å². The SMILES string of the molecule is CC.CC.CC1CCN(Sc2ccccc2)CC1. The minimum Gasteiger partial charge on any atom is -0.246 e. The van der Waals surface area contributed by atoms with Crippen molar-refractivity contribution in [1.29, 1.82) is 0 Å². The van der Waals surface area contributed by atoms with Gasteiger partial charge in [0.05, 0.1) is 0 Å². The average molecular weight is 267 g/mol. The summed E-state index contributed by atoms with van der Waals surface area (Å²) in [4.78, 5) is 1.36. The van der Waals surface area contributed by atoms with Crippen LogP contribution >= 0.6 is 11.9 Å². The molecule has 0 amide bonds. The number of rotatable bonds is 2. The van der Waals surface area contributed by atoms with Crippen molar-refractivity contribution in [1.82, 2.24) is 4.31 Å². The average Bonchev–Trinajstić information content (AvgIpc) is 2.47. The van der Waals surface area contributed by atoms with Crippen molar-refractivity contribution in [2.75, 3.05) is 13.1 Å². The zero-order chi connectivity index (χ0) is 13.8. The lowest BCUT2D eigenvalue weighted by Gasteiger charge is -2.28. The van der Waals surface area contributed by atoms with Crippen LogP contribution in [0.15, 0.2) is 35.2 Å². The first-order valence-electron chi connectivity index (χ1n) is 7.32. The summed E-state index contributed by atoms with van der Waals surface area (Å²) >= 11 is 1.90. The fourth-order valence-electron chi connectivity index (χ4n) is 1.71. The molecule has 18 heavy (non-hydrogen) atoms. The molecule has 1 aliphatic heterocycles. The van der Waals surface area contributed by atoms with Gasteiger partial charge in [0.2, 0.25) is 0 Å². The minimum absolute atomic E-state index is 0.919. The van der Waals surface area contributed by atoms with Gasteiger partial charge in [0.25, 0.3) is 0 Å². The number of piperidine rings is 1. The van der Waals surface area contributed by atoms with E-state index in [2.05, 4.69) is 41.6 Å². The second-order valence-electron chi connectivity index (χ2n) is 4.02. The van der Waals surface area contributed by atoms with Gasteiger partial charge in [-0.15, -0.1) is 0 Å². The highest BCUT2D eigenvalue weighted by molar-refractivity contribution is 7.97. The molecule has 0 bridgehead atoms. The third-order valence-corrected chi connectivity index (χ3v) is 3.83. The van der Waals surface area contributed by atoms with E-state index in [-0.39, 0.29) is 0 Å². The van der Waals surface area contributed by atoms with Gasteiger partial charge < -0.3 is 0 Å². The lowest BCUT2D eigenvalue weighted by molar-refractivity contribution is 0.308. The van der Waals surface area contributed by atoms with Crippen molar-refractivity contribution < 1.29 is 0 Å². The molecule has 0 atom stereocenters. The first kappa shape index (κ1) is 17.5. The van der Waals surface area contributed by atoms with E-state index in [1.165, 1.54) is 30.8 Å². The fraction of sp³-hybridized carbons (Fsp3) is 0.625. The molecule has 0 radical (unpaired) electrons. The van der Waals surface area contributed by atoms with Crippen LogP contribution < -0.4 is 0 Å². The predicted octanol–water partition coefficient (Wildman–Crippen LogP) is 5.48. The Morgan fingerprint density at radius 2 is 1.44 bits per heavy atom. The zero-order valence-corrected chi connectivity index (χ0v) is 13.5. The lowest BCUT2D eigenvalue weighted by Crippen LogP contribution is -2.27. The van der Waals surface area contributed by atoms with Gasteiger partial charge in [0, 0.05) is 18.0 Å². The van der Waals surface area contributed by atoms with Crippen molar-refractivity contribution in [3.63, 3.8) is 0 Å². The predicted molar refractivity (Wildman–Crippen MR) is 85.0 cm³/mol. The fourth-order valence-corrected chi connectivity index (χ4v) is 2.68. The molecular formula is C16H29NS. The quantitative estimate of drug-likeness (QED) is 0.653. The Morgan fingerprint density at radius 3 is 1.94 bits per heavy atom. The monoisotopic (exact) mass is 267 g/mol. The molecule has 0 N–H and O–H groups in total. The van der Waals surface area contributed by atoms with Crippen LogP contribution in [-0.4, -0.2) is 17.4 Å². The van der Waals surface area contributed by atoms with Gasteiger partial charge in [-0.2, -0.15) is 0 Å². The van der Waals surface area contributed by atoms with E-state index < -0.39 is 0 Å². The maximum Gasteiger partial charge on any atom is 0.0230 e. The highest BCUT2D eigenvalue weighted by Crippen LogP contribution is 2.27. The van der Waals surface area contributed by atoms with E-state index in [4.69, 9.17) is 0 Å². The smallest absolute Gasteiger partial charge is 0.0230 e. The standard InChI is InChI=1S/C12H17NS.2C2H6/c1-11-7-9-13(10-8-11)14-12-5-3-2-4-6-12;2*1-2/h2-6,11H,7-10H2,1H3;2*1-2H3. The van der Waals surface area contributed by atoms with Crippen molar-refractivity contribution in [2.45, 2.75) is 52.4 Å². The summed E-state index contributed by atoms with van der Waals surface area (Å²) in [6.45, 7) is 12.8. The number of hydrogen-bond donors (Lipinski definition) is 0. The molecule has 1 fully saturated rings. The Balaban J connectivity index is 0.000000659. The van der Waals surface area contributed by atoms with Gasteiger partial charge in [0.15, 0.2) is 0 Å². The number of nitrogens with zero attached hydrogens (tertiary/aromatic N) is 1. The summed E-state index contributed by atoms with van der Waals surface area (Å²) in [5, 5.41) is 0. The first-order valence-corrected chi connectivity index (χ1v) is 8.10. The molecular weight excluding hydrogens is 238 g/mol. The van der Waals surface area contributed by atoms with Crippen LogP contribution in [0.1, 0.15) is 47.5 Å². The largest absolute Gasteiger partial charge is 0.246 e. The van der Waals surface area contributed by atoms with Gasteiger partial charge >= 0.3 is 0 Å². The van der Waals surface area contributed by atoms with Crippen molar-refractivity contribution in [2.24, 2.45) is 5.92 Å². The van der Waals surface area contributed by atoms with Gasteiger partial charge in [-0.3, -0.25) is 0 Å². The molecule has 0 unspecified atom stereocenters. The van der Waals surface area contributed by atoms with E-state index in [1.807, 2.05) is 39.6 Å². The Labute approximate surface area is 118 Å². The van der Waals surface area contributed by atoms with Crippen molar-refractivity contribution in [3.05, 3.63) is 30.3 Å². The molecule has 104 valence electrons. The molecule has 1 aromatic carbocycles. The van der Waals surface area contributed by atoms with Crippen LogP contribution in [0.25, 0.3) is 0 Å². The third kappa shape index (κ3) is 7.07. The van der Waals surface area contributed by atoms with Crippen LogP contribution in [0.5, 0.6) is 0 Å². The Hall–Kier alpha value is -0.470. The van der Waals surface area contributed by atoms with E-state index in [0.717, 1.165) is 5.92 Å². The van der Waals surface area contributed by atoms with Crippen LogP contribution in [-0.2, 0) is 0 Å². The molecule has 1 aliphatic rings. The highest BCUT2D eigenvalue weighted by atomic mass is 32.2. The maximum absolute atomic E-state index is 2.48. The highest BCUT2D eigenvalue weighted by Gasteiger charge is 2.15. The van der Waals surface area contributed by atoms with Gasteiger partial charge in [0.1, 0.15) is 0 Å². The molecule has 0 spiro atoms. The molecule has 2 rings (SSSR count). The minimum atomic E-state index is 0.919. The molecule has 1 aromatic rings. The van der Waals surface area contributed by atoms with E-state index in [1.54, 1.807) is 0 Å². The van der Waals surface area contributed by atoms with Crippen LogP contribution in [0.2, 0.25) is 0 Å². The van der Waals surface area contributed by atoms with Crippen LogP contribution in [0, 0.1) is 5.92 Å². The summed E-state index contributed by atoms with van der Waals surface area (Å²) in [5.41, 5.74) is 0. The Morgan fingerprint density at radius 1 is 0.944 bits per heavy atom. The second kappa shape index (κ2) is 11.6. The molecule has 0 aliphatic carbocycles. The molecule has 2 heteroatoms. The second-order valence-corrected chi connectivity index (χ2v) is 5.19. The number of benzene rings is 1. The summed E-state index contributed by atoms with van der Waals surface area (Å²) in [5.74, 6) is 0.919. The van der Waals surface area contributed by atoms with Gasteiger partial charge in [-0.05, 0) is 42.8 Å². The molecule has 1 saturated heterocycles. The van der Waals surface area contributed by atoms with Crippen LogP contribution in [0.4, 0.5) is 0 Å². The van der Waals surface area contributed by atoms with E-state index in [9.17, 15) is 0 Å². The third-order valence-electron chi connectivity index (χ3n) is 2.72. The zero-order valence-electron chi connectivity index (χ0n) is 12.6. The summed E-state index contributed by atoms with van der Waals surface area (Å²) < 4.78 is 2.48. The van der Waals surface area contributed by atoms with Crippen molar-refractivity contribution >= 4 is 11.9 Å². The van der Waals surface area contributed by atoms with E-state index >= 15 is 0 Å². The molecule has 0 aromatic heterocycles. The first-order chi connectivity index (χ1) is 8.84. The van der Waals surface area contributed by atoms with Gasteiger partial charge in [-0.25, -0.2) is 4.31 Å². The molecule has 0 saturated carbocycles. The van der Waals surface area contributed by atoms with Crippen LogP contribution in [0.3, 0.4) is 0 Å². The summed E-state index contributed by atoms with van der Waals surface area (Å²) in [6, 6.07) is 10.7. The lowest BCUT2D eigenvalue weighted by atomic mass is 10.0. The summed E-state index contributed by atoms with van der Waals surface area (Å²) in [7, 11) is 0.